The summed E-state index contributed by atoms with van der Waals surface area (Å²) in [5.41, 5.74) is 6.70. The largest absolute Gasteiger partial charge is 0.368 e. The number of rotatable bonds is 2. The number of anilines is 2. The second-order valence-electron chi connectivity index (χ2n) is 3.79. The van der Waals surface area contributed by atoms with Crippen LogP contribution in [0.15, 0.2) is 18.5 Å². The molecule has 2 heterocycles. The Kier molecular flexibility index (Phi) is 3.02. The SMILES string of the molecule is CN(C)c1nc(N)nc(-c2cncc(C#N)c2)n1. The van der Waals surface area contributed by atoms with Crippen LogP contribution in [0, 0.1) is 11.3 Å². The Balaban J connectivity index is 2.53. The minimum absolute atomic E-state index is 0.131. The number of nitriles is 1. The van der Waals surface area contributed by atoms with Gasteiger partial charge in [-0.15, -0.1) is 0 Å². The maximum absolute atomic E-state index is 8.83. The van der Waals surface area contributed by atoms with Gasteiger partial charge in [-0.3, -0.25) is 4.98 Å². The van der Waals surface area contributed by atoms with Gasteiger partial charge in [0, 0.05) is 32.1 Å². The van der Waals surface area contributed by atoms with Crippen LogP contribution in [-0.4, -0.2) is 34.0 Å². The van der Waals surface area contributed by atoms with Crippen LogP contribution in [0.1, 0.15) is 5.56 Å². The molecule has 0 amide bonds. The van der Waals surface area contributed by atoms with Gasteiger partial charge >= 0.3 is 0 Å². The van der Waals surface area contributed by atoms with Crippen LogP contribution in [0.4, 0.5) is 11.9 Å². The van der Waals surface area contributed by atoms with E-state index in [-0.39, 0.29) is 5.95 Å². The van der Waals surface area contributed by atoms with E-state index in [2.05, 4.69) is 19.9 Å². The highest BCUT2D eigenvalue weighted by Gasteiger charge is 2.09. The quantitative estimate of drug-likeness (QED) is 0.813. The molecule has 0 aliphatic rings. The van der Waals surface area contributed by atoms with Crippen LogP contribution in [-0.2, 0) is 0 Å². The molecule has 0 aliphatic carbocycles. The first-order chi connectivity index (χ1) is 8.60. The molecule has 18 heavy (non-hydrogen) atoms. The second kappa shape index (κ2) is 4.63. The summed E-state index contributed by atoms with van der Waals surface area (Å²) in [6.45, 7) is 0. The van der Waals surface area contributed by atoms with E-state index < -0.39 is 0 Å². The fourth-order valence-corrected chi connectivity index (χ4v) is 1.33. The molecular formula is C11H11N7. The highest BCUT2D eigenvalue weighted by Crippen LogP contribution is 2.17. The fourth-order valence-electron chi connectivity index (χ4n) is 1.33. The third-order valence-electron chi connectivity index (χ3n) is 2.17. The average molecular weight is 241 g/mol. The Morgan fingerprint density at radius 1 is 1.22 bits per heavy atom. The summed E-state index contributed by atoms with van der Waals surface area (Å²) in [4.78, 5) is 18.0. The van der Waals surface area contributed by atoms with E-state index in [4.69, 9.17) is 11.0 Å². The molecule has 0 fully saturated rings. The Labute approximate surface area is 104 Å². The standard InChI is InChI=1S/C11H11N7/c1-18(2)11-16-9(15-10(13)17-11)8-3-7(4-12)5-14-6-8/h3,5-6H,1-2H3,(H2,13,15,16,17). The van der Waals surface area contributed by atoms with Gasteiger partial charge in [-0.1, -0.05) is 0 Å². The lowest BCUT2D eigenvalue weighted by molar-refractivity contribution is 0.969. The Morgan fingerprint density at radius 2 is 2.00 bits per heavy atom. The van der Waals surface area contributed by atoms with E-state index in [0.717, 1.165) is 0 Å². The molecule has 0 atom stereocenters. The van der Waals surface area contributed by atoms with Gasteiger partial charge in [-0.05, 0) is 6.07 Å². The Morgan fingerprint density at radius 3 is 2.67 bits per heavy atom. The highest BCUT2D eigenvalue weighted by atomic mass is 15.3. The smallest absolute Gasteiger partial charge is 0.230 e. The average Bonchev–Trinajstić information content (AvgIpc) is 2.38. The van der Waals surface area contributed by atoms with Crippen molar-refractivity contribution in [3.05, 3.63) is 24.0 Å². The van der Waals surface area contributed by atoms with Gasteiger partial charge < -0.3 is 10.6 Å². The third-order valence-corrected chi connectivity index (χ3v) is 2.17. The van der Waals surface area contributed by atoms with Gasteiger partial charge in [0.2, 0.25) is 11.9 Å². The van der Waals surface area contributed by atoms with Gasteiger partial charge in [-0.25, -0.2) is 0 Å². The molecule has 7 heteroatoms. The van der Waals surface area contributed by atoms with Gasteiger partial charge in [0.05, 0.1) is 5.56 Å². The minimum Gasteiger partial charge on any atom is -0.368 e. The Bertz CT molecular complexity index is 615. The molecule has 0 aromatic carbocycles. The zero-order valence-electron chi connectivity index (χ0n) is 9.99. The Hall–Kier alpha value is -2.75. The number of hydrogen-bond acceptors (Lipinski definition) is 7. The zero-order valence-corrected chi connectivity index (χ0v) is 9.99. The number of hydrogen-bond donors (Lipinski definition) is 1. The number of nitrogens with zero attached hydrogens (tertiary/aromatic N) is 6. The first kappa shape index (κ1) is 11.7. The van der Waals surface area contributed by atoms with Crippen molar-refractivity contribution in [1.82, 2.24) is 19.9 Å². The normalized spacial score (nSPS) is 9.83. The maximum atomic E-state index is 8.83. The van der Waals surface area contributed by atoms with Crippen LogP contribution in [0.25, 0.3) is 11.4 Å². The third kappa shape index (κ3) is 2.32. The minimum atomic E-state index is 0.131. The number of nitrogens with two attached hydrogens (primary N) is 1. The molecule has 0 aliphatic heterocycles. The lowest BCUT2D eigenvalue weighted by atomic mass is 10.2. The summed E-state index contributed by atoms with van der Waals surface area (Å²) in [7, 11) is 3.62. The summed E-state index contributed by atoms with van der Waals surface area (Å²) in [6, 6.07) is 3.67. The van der Waals surface area contributed by atoms with Crippen LogP contribution in [0.3, 0.4) is 0 Å². The molecule has 0 spiro atoms. The molecule has 0 saturated carbocycles. The van der Waals surface area contributed by atoms with E-state index >= 15 is 0 Å². The predicted molar refractivity (Wildman–Crippen MR) is 66.5 cm³/mol. The summed E-state index contributed by atoms with van der Waals surface area (Å²) in [5, 5.41) is 8.83. The van der Waals surface area contributed by atoms with Crippen molar-refractivity contribution >= 4 is 11.9 Å². The predicted octanol–water partition coefficient (Wildman–Crippen LogP) is 0.453. The van der Waals surface area contributed by atoms with E-state index in [1.54, 1.807) is 17.2 Å². The van der Waals surface area contributed by atoms with E-state index in [1.165, 1.54) is 6.20 Å². The van der Waals surface area contributed by atoms with Crippen LogP contribution < -0.4 is 10.6 Å². The lowest BCUT2D eigenvalue weighted by Crippen LogP contribution is -2.15. The fraction of sp³-hybridized carbons (Fsp3) is 0.182. The van der Waals surface area contributed by atoms with Crippen molar-refractivity contribution in [2.24, 2.45) is 0 Å². The van der Waals surface area contributed by atoms with Gasteiger partial charge in [0.25, 0.3) is 0 Å². The maximum Gasteiger partial charge on any atom is 0.230 e. The number of aromatic nitrogens is 4. The molecule has 2 aromatic rings. The van der Waals surface area contributed by atoms with Crippen LogP contribution in [0.5, 0.6) is 0 Å². The molecule has 90 valence electrons. The summed E-state index contributed by atoms with van der Waals surface area (Å²) >= 11 is 0. The van der Waals surface area contributed by atoms with Gasteiger partial charge in [0.1, 0.15) is 6.07 Å². The second-order valence-corrected chi connectivity index (χ2v) is 3.79. The monoisotopic (exact) mass is 241 g/mol. The van der Waals surface area contributed by atoms with Crippen molar-refractivity contribution in [2.75, 3.05) is 24.7 Å². The number of pyridine rings is 1. The van der Waals surface area contributed by atoms with Gasteiger partial charge in [-0.2, -0.15) is 20.2 Å². The molecule has 2 aromatic heterocycles. The van der Waals surface area contributed by atoms with E-state index in [0.29, 0.717) is 22.9 Å². The summed E-state index contributed by atoms with van der Waals surface area (Å²) < 4.78 is 0. The molecular weight excluding hydrogens is 230 g/mol. The van der Waals surface area contributed by atoms with E-state index in [9.17, 15) is 0 Å². The van der Waals surface area contributed by atoms with E-state index in [1.807, 2.05) is 20.2 Å². The summed E-state index contributed by atoms with van der Waals surface area (Å²) in [6.07, 6.45) is 3.05. The van der Waals surface area contributed by atoms with Crippen molar-refractivity contribution in [2.45, 2.75) is 0 Å². The van der Waals surface area contributed by atoms with Crippen LogP contribution in [0.2, 0.25) is 0 Å². The first-order valence-electron chi connectivity index (χ1n) is 5.14. The highest BCUT2D eigenvalue weighted by molar-refractivity contribution is 5.58. The molecule has 0 bridgehead atoms. The molecule has 7 nitrogen and oxygen atoms in total. The van der Waals surface area contributed by atoms with Crippen LogP contribution >= 0.6 is 0 Å². The molecule has 0 unspecified atom stereocenters. The van der Waals surface area contributed by atoms with Crippen molar-refractivity contribution in [3.8, 4) is 17.5 Å². The van der Waals surface area contributed by atoms with Gasteiger partial charge in [0.15, 0.2) is 5.82 Å². The lowest BCUT2D eigenvalue weighted by Gasteiger charge is -2.11. The zero-order chi connectivity index (χ0) is 13.1. The van der Waals surface area contributed by atoms with Crippen molar-refractivity contribution < 1.29 is 0 Å². The topological polar surface area (TPSA) is 105 Å². The number of nitrogen functional groups attached to an aromatic ring is 1. The molecule has 2 N–H and O–H groups in total. The molecule has 0 radical (unpaired) electrons. The molecule has 2 rings (SSSR count). The first-order valence-corrected chi connectivity index (χ1v) is 5.14. The summed E-state index contributed by atoms with van der Waals surface area (Å²) in [5.74, 6) is 0.988. The van der Waals surface area contributed by atoms with Crippen molar-refractivity contribution in [3.63, 3.8) is 0 Å². The van der Waals surface area contributed by atoms with Crippen molar-refractivity contribution in [1.29, 1.82) is 5.26 Å². The molecule has 0 saturated heterocycles.